The molecule has 0 aliphatic carbocycles. The monoisotopic (exact) mass is 649 g/mol. The summed E-state index contributed by atoms with van der Waals surface area (Å²) < 4.78 is 25.6. The molecule has 2 aromatic carbocycles. The Bertz CT molecular complexity index is 1700. The molecular weight excluding hydrogens is 617 g/mol. The third-order valence-corrected chi connectivity index (χ3v) is 9.03. The Labute approximate surface area is 269 Å². The molecule has 0 saturated carbocycles. The number of halogens is 2. The molecule has 4 heterocycles. The fraction of sp³-hybridized carbons (Fsp3) is 0.364. The Morgan fingerprint density at radius 1 is 1.07 bits per heavy atom. The Morgan fingerprint density at radius 3 is 2.74 bits per heavy atom. The van der Waals surface area contributed by atoms with Crippen LogP contribution in [-0.2, 0) is 19.1 Å². The van der Waals surface area contributed by atoms with Gasteiger partial charge in [0.1, 0.15) is 11.9 Å². The first-order valence-corrected chi connectivity index (χ1v) is 15.6. The Kier molecular flexibility index (Phi) is 9.07. The van der Waals surface area contributed by atoms with Gasteiger partial charge in [0, 0.05) is 41.9 Å². The molecule has 0 radical (unpaired) electrons. The summed E-state index contributed by atoms with van der Waals surface area (Å²) >= 11 is 6.09. The zero-order chi connectivity index (χ0) is 32.4. The number of aromatic nitrogens is 1. The van der Waals surface area contributed by atoms with Crippen molar-refractivity contribution in [2.24, 2.45) is 0 Å². The number of anilines is 3. The number of nitrogens with zero attached hydrogens (tertiary/aromatic N) is 2. The van der Waals surface area contributed by atoms with Gasteiger partial charge in [-0.2, -0.15) is 0 Å². The molecule has 3 N–H and O–H groups in total. The van der Waals surface area contributed by atoms with Crippen molar-refractivity contribution in [3.05, 3.63) is 70.8 Å². The Morgan fingerprint density at radius 2 is 1.91 bits per heavy atom. The maximum atomic E-state index is 15.2. The summed E-state index contributed by atoms with van der Waals surface area (Å²) in [4.78, 5) is 57.8. The van der Waals surface area contributed by atoms with E-state index in [0.717, 1.165) is 12.0 Å². The number of fused-ring (bicyclic) bond motifs is 7. The average Bonchev–Trinajstić information content (AvgIpc) is 3.18. The van der Waals surface area contributed by atoms with Gasteiger partial charge in [-0.25, -0.2) is 14.0 Å². The smallest absolute Gasteiger partial charge is 0.411 e. The van der Waals surface area contributed by atoms with Crippen LogP contribution >= 0.6 is 11.6 Å². The van der Waals surface area contributed by atoms with Crippen LogP contribution in [0.5, 0.6) is 0 Å². The van der Waals surface area contributed by atoms with Gasteiger partial charge in [0.2, 0.25) is 11.8 Å². The molecule has 3 aromatic rings. The molecule has 2 bridgehead atoms. The number of rotatable bonds is 2. The van der Waals surface area contributed by atoms with E-state index in [-0.39, 0.29) is 23.4 Å². The molecule has 240 valence electrons. The van der Waals surface area contributed by atoms with Crippen LogP contribution < -0.4 is 16.0 Å². The van der Waals surface area contributed by atoms with Crippen molar-refractivity contribution >= 4 is 52.7 Å². The van der Waals surface area contributed by atoms with Crippen molar-refractivity contribution in [2.45, 2.75) is 56.5 Å². The Hall–Kier alpha value is -4.71. The van der Waals surface area contributed by atoms with E-state index in [1.807, 2.05) is 6.07 Å². The lowest BCUT2D eigenvalue weighted by atomic mass is 9.84. The highest BCUT2D eigenvalue weighted by Gasteiger charge is 2.41. The molecule has 13 heteroatoms. The van der Waals surface area contributed by atoms with Gasteiger partial charge in [0.05, 0.1) is 41.7 Å². The highest BCUT2D eigenvalue weighted by molar-refractivity contribution is 6.31. The van der Waals surface area contributed by atoms with Gasteiger partial charge < -0.3 is 19.7 Å². The highest BCUT2D eigenvalue weighted by atomic mass is 35.5. The third-order valence-electron chi connectivity index (χ3n) is 8.74. The number of carbonyl (C=O) groups is 4. The average molecular weight is 650 g/mol. The molecule has 3 aliphatic heterocycles. The molecule has 11 nitrogen and oxygen atoms in total. The molecule has 4 amide bonds. The number of ether oxygens (including phenoxy) is 2. The zero-order valence-corrected chi connectivity index (χ0v) is 25.9. The van der Waals surface area contributed by atoms with E-state index in [9.17, 15) is 19.2 Å². The summed E-state index contributed by atoms with van der Waals surface area (Å²) in [6, 6.07) is 11.7. The summed E-state index contributed by atoms with van der Waals surface area (Å²) in [6.45, 7) is 0.423. The van der Waals surface area contributed by atoms with E-state index < -0.39 is 35.9 Å². The standard InChI is InChI=1S/C33H33ClFN5O6/c1-45-32(43)37-19-7-8-20-18-11-13-36-25(15-18)21(5-3-2-4-6-28(41)38-26(20)16-19)31(42)40-14-12-22-27(17-40)46-33(44)39-24-10-9-23(34)30(35)29(22)24/h7-11,13,15-16,21-22,27H,2-6,12,14,17H2,1H3,(H,37,43)(H,38,41)(H,39,44)/t21-,22-,27?/m0/s1. The summed E-state index contributed by atoms with van der Waals surface area (Å²) in [5, 5.41) is 8.14. The SMILES string of the molecule is COC(=O)Nc1ccc2c(c1)NC(=O)CCCCC[C@H](C(=O)N1CC[C@@H]3c4c(ccc(Cl)c4F)NC(=O)OC3C1)c1cc-2ccn1. The first-order valence-electron chi connectivity index (χ1n) is 15.2. The van der Waals surface area contributed by atoms with Crippen LogP contribution in [0.4, 0.5) is 31.0 Å². The molecule has 1 saturated heterocycles. The molecule has 1 unspecified atom stereocenters. The molecule has 3 aliphatic rings. The lowest BCUT2D eigenvalue weighted by molar-refractivity contribution is -0.136. The fourth-order valence-corrected chi connectivity index (χ4v) is 6.64. The predicted molar refractivity (Wildman–Crippen MR) is 169 cm³/mol. The first-order chi connectivity index (χ1) is 22.2. The van der Waals surface area contributed by atoms with E-state index in [2.05, 4.69) is 20.9 Å². The number of pyridine rings is 1. The van der Waals surface area contributed by atoms with Crippen LogP contribution in [0.15, 0.2) is 48.7 Å². The lowest BCUT2D eigenvalue weighted by Gasteiger charge is -2.38. The second-order valence-electron chi connectivity index (χ2n) is 11.6. The van der Waals surface area contributed by atoms with Crippen LogP contribution in [0.2, 0.25) is 5.02 Å². The van der Waals surface area contributed by atoms with Gasteiger partial charge >= 0.3 is 12.2 Å². The number of likely N-dealkylation sites (tertiary alicyclic amines) is 1. The van der Waals surface area contributed by atoms with E-state index in [1.165, 1.54) is 13.2 Å². The second kappa shape index (κ2) is 13.3. The van der Waals surface area contributed by atoms with Crippen LogP contribution in [0, 0.1) is 5.82 Å². The molecule has 1 aromatic heterocycles. The molecule has 0 spiro atoms. The van der Waals surface area contributed by atoms with Crippen LogP contribution in [0.25, 0.3) is 11.1 Å². The zero-order valence-electron chi connectivity index (χ0n) is 25.1. The lowest BCUT2D eigenvalue weighted by Crippen LogP contribution is -2.48. The van der Waals surface area contributed by atoms with Crippen molar-refractivity contribution in [3.63, 3.8) is 0 Å². The number of piperidine rings is 1. The number of hydrogen-bond acceptors (Lipinski definition) is 7. The fourth-order valence-electron chi connectivity index (χ4n) is 6.48. The number of amides is 4. The topological polar surface area (TPSA) is 139 Å². The highest BCUT2D eigenvalue weighted by Crippen LogP contribution is 2.42. The maximum absolute atomic E-state index is 15.2. The Balaban J connectivity index is 1.30. The molecule has 6 rings (SSSR count). The summed E-state index contributed by atoms with van der Waals surface area (Å²) in [5.74, 6) is -1.99. The van der Waals surface area contributed by atoms with Gasteiger partial charge in [-0.3, -0.25) is 25.2 Å². The van der Waals surface area contributed by atoms with Crippen molar-refractivity contribution < 1.29 is 33.0 Å². The van der Waals surface area contributed by atoms with Crippen molar-refractivity contribution in [3.8, 4) is 11.1 Å². The predicted octanol–water partition coefficient (Wildman–Crippen LogP) is 6.65. The minimum Gasteiger partial charge on any atom is -0.453 e. The van der Waals surface area contributed by atoms with Gasteiger partial charge in [0.15, 0.2) is 0 Å². The molecule has 1 fully saturated rings. The van der Waals surface area contributed by atoms with Gasteiger partial charge in [-0.05, 0) is 61.2 Å². The molecular formula is C33H33ClFN5O6. The molecule has 46 heavy (non-hydrogen) atoms. The number of nitrogens with one attached hydrogen (secondary N) is 3. The van der Waals surface area contributed by atoms with E-state index >= 15 is 4.39 Å². The minimum absolute atomic E-state index is 0.0449. The maximum Gasteiger partial charge on any atom is 0.411 e. The number of methoxy groups -OCH3 is 1. The van der Waals surface area contributed by atoms with Crippen molar-refractivity contribution in [1.29, 1.82) is 0 Å². The first kappa shape index (κ1) is 31.3. The number of carbonyl (C=O) groups excluding carboxylic acids is 4. The van der Waals surface area contributed by atoms with E-state index in [1.54, 1.807) is 41.4 Å². The van der Waals surface area contributed by atoms with Crippen molar-refractivity contribution in [1.82, 2.24) is 9.88 Å². The summed E-state index contributed by atoms with van der Waals surface area (Å²) in [6.07, 6.45) is 2.71. The van der Waals surface area contributed by atoms with Crippen molar-refractivity contribution in [2.75, 3.05) is 36.1 Å². The van der Waals surface area contributed by atoms with Crippen LogP contribution in [0.3, 0.4) is 0 Å². The second-order valence-corrected chi connectivity index (χ2v) is 12.0. The summed E-state index contributed by atoms with van der Waals surface area (Å²) in [7, 11) is 1.27. The van der Waals surface area contributed by atoms with Crippen LogP contribution in [0.1, 0.15) is 61.6 Å². The molecule has 3 atom stereocenters. The van der Waals surface area contributed by atoms with E-state index in [0.29, 0.717) is 72.5 Å². The van der Waals surface area contributed by atoms with Gasteiger partial charge in [0.25, 0.3) is 0 Å². The minimum atomic E-state index is -0.766. The largest absolute Gasteiger partial charge is 0.453 e. The van der Waals surface area contributed by atoms with Gasteiger partial charge in [-0.15, -0.1) is 0 Å². The normalized spacial score (nSPS) is 21.2. The summed E-state index contributed by atoms with van der Waals surface area (Å²) in [5.41, 5.74) is 3.54. The van der Waals surface area contributed by atoms with Gasteiger partial charge in [-0.1, -0.05) is 30.5 Å². The van der Waals surface area contributed by atoms with Crippen LogP contribution in [-0.4, -0.2) is 60.2 Å². The quantitative estimate of drug-likeness (QED) is 0.282. The number of hydrogen-bond donors (Lipinski definition) is 3. The van der Waals surface area contributed by atoms with E-state index in [4.69, 9.17) is 21.1 Å². The number of benzene rings is 2. The third kappa shape index (κ3) is 6.48.